The minimum Gasteiger partial charge on any atom is -0.399 e. The quantitative estimate of drug-likeness (QED) is 0.0899. The van der Waals surface area contributed by atoms with E-state index >= 15 is 0 Å². The zero-order valence-electron chi connectivity index (χ0n) is 36.5. The molecule has 0 aliphatic carbocycles. The fourth-order valence-electron chi connectivity index (χ4n) is 6.98. The van der Waals surface area contributed by atoms with Gasteiger partial charge < -0.3 is 9.31 Å². The number of carbonyl (C=O) groups is 4. The van der Waals surface area contributed by atoms with Gasteiger partial charge in [-0.3, -0.25) is 38.9 Å². The van der Waals surface area contributed by atoms with Crippen LogP contribution in [-0.4, -0.2) is 71.7 Å². The molecule has 1 saturated heterocycles. The molecule has 9 rings (SSSR count). The molecule has 4 amide bonds. The summed E-state index contributed by atoms with van der Waals surface area (Å²) in [6, 6.07) is 16.7. The van der Waals surface area contributed by atoms with Crippen LogP contribution in [0.2, 0.25) is 0 Å². The van der Waals surface area contributed by atoms with Crippen molar-refractivity contribution in [1.82, 2.24) is 29.7 Å². The lowest BCUT2D eigenvalue weighted by atomic mass is 9.80. The van der Waals surface area contributed by atoms with E-state index in [4.69, 9.17) is 9.31 Å². The normalized spacial score (nSPS) is 15.9. The number of carbonyl (C=O) groups excluding carboxylic acids is 4. The number of nitrogens with zero attached hydrogens (tertiary/aromatic N) is 6. The zero-order valence-corrected chi connectivity index (χ0v) is 38.1. The highest BCUT2D eigenvalue weighted by Crippen LogP contribution is 2.37. The van der Waals surface area contributed by atoms with E-state index in [1.54, 1.807) is 64.1 Å². The van der Waals surface area contributed by atoms with Crippen molar-refractivity contribution in [3.63, 3.8) is 0 Å². The topological polar surface area (TPSA) is 145 Å². The van der Waals surface area contributed by atoms with Gasteiger partial charge in [0.15, 0.2) is 28.8 Å². The third-order valence-corrected chi connectivity index (χ3v) is 11.9. The molecule has 7 heterocycles. The number of pyridine rings is 4. The van der Waals surface area contributed by atoms with Gasteiger partial charge in [-0.2, -0.15) is 26.3 Å². The number of aromatic nitrogens is 4. The molecule has 0 radical (unpaired) electrons. The minimum atomic E-state index is -4.99. The number of imide groups is 2. The van der Waals surface area contributed by atoms with Crippen LogP contribution in [0.15, 0.2) is 102 Å². The summed E-state index contributed by atoms with van der Waals surface area (Å²) in [4.78, 5) is 65.1. The molecular weight excluding hydrogens is 1010 g/mol. The summed E-state index contributed by atoms with van der Waals surface area (Å²) < 4.78 is 142. The summed E-state index contributed by atoms with van der Waals surface area (Å²) >= 11 is 3.05. The van der Waals surface area contributed by atoms with Crippen LogP contribution in [0.5, 0.6) is 0 Å². The fraction of sp³-hybridized carbons (Fsp3) is 0.217. The van der Waals surface area contributed by atoms with Crippen LogP contribution in [0, 0.1) is 23.3 Å². The Kier molecular flexibility index (Phi) is 13.9. The molecule has 3 aliphatic heterocycles. The molecule has 24 heteroatoms. The van der Waals surface area contributed by atoms with Gasteiger partial charge in [0.25, 0.3) is 23.6 Å². The third-order valence-electron chi connectivity index (χ3n) is 11.3. The number of alkyl halides is 6. The van der Waals surface area contributed by atoms with Gasteiger partial charge in [0.1, 0.15) is 5.82 Å². The fourth-order valence-corrected chi connectivity index (χ4v) is 7.35. The maximum atomic E-state index is 14.2. The summed E-state index contributed by atoms with van der Waals surface area (Å²) in [6.45, 7) is 6.89. The second kappa shape index (κ2) is 19.1. The van der Waals surface area contributed by atoms with Gasteiger partial charge in [-0.15, -0.1) is 0 Å². The van der Waals surface area contributed by atoms with Crippen molar-refractivity contribution in [2.75, 3.05) is 0 Å². The Morgan fingerprint density at radius 1 is 0.529 bits per heavy atom. The first kappa shape index (κ1) is 50.9. The molecule has 3 aliphatic rings. The number of benzene rings is 2. The summed E-state index contributed by atoms with van der Waals surface area (Å²) in [5, 5.41) is 0. The average Bonchev–Trinajstić information content (AvgIpc) is 3.78. The third kappa shape index (κ3) is 10.3. The molecule has 2 aromatic carbocycles. The van der Waals surface area contributed by atoms with E-state index in [1.807, 2.05) is 0 Å². The summed E-state index contributed by atoms with van der Waals surface area (Å²) in [5.41, 5.74) is -3.23. The molecule has 1 fully saturated rings. The van der Waals surface area contributed by atoms with Gasteiger partial charge in [-0.1, -0.05) is 24.3 Å². The molecule has 0 bridgehead atoms. The Hall–Kier alpha value is -6.92. The monoisotopic (exact) mass is 1040 g/mol. The van der Waals surface area contributed by atoms with Crippen LogP contribution < -0.4 is 5.46 Å². The maximum Gasteiger partial charge on any atom is 0.496 e. The van der Waals surface area contributed by atoms with Gasteiger partial charge >= 0.3 is 19.5 Å². The number of fused-ring (bicyclic) bond motifs is 2. The van der Waals surface area contributed by atoms with Gasteiger partial charge in [0, 0.05) is 29.0 Å². The lowest BCUT2D eigenvalue weighted by Gasteiger charge is -2.32. The highest BCUT2D eigenvalue weighted by molar-refractivity contribution is 9.10. The van der Waals surface area contributed by atoms with Crippen molar-refractivity contribution in [2.45, 2.75) is 64.3 Å². The molecule has 4 aromatic heterocycles. The van der Waals surface area contributed by atoms with Gasteiger partial charge in [-0.25, -0.2) is 27.5 Å². The molecule has 0 N–H and O–H groups in total. The Morgan fingerprint density at radius 2 is 0.929 bits per heavy atom. The van der Waals surface area contributed by atoms with Crippen molar-refractivity contribution >= 4 is 52.1 Å². The molecule has 0 spiro atoms. The van der Waals surface area contributed by atoms with Gasteiger partial charge in [0.05, 0.1) is 74.8 Å². The van der Waals surface area contributed by atoms with Crippen molar-refractivity contribution in [3.8, 4) is 11.1 Å². The number of hydrogen-bond donors (Lipinski definition) is 0. The summed E-state index contributed by atoms with van der Waals surface area (Å²) in [5.74, 6) is -6.32. The predicted octanol–water partition coefficient (Wildman–Crippen LogP) is 9.55. The van der Waals surface area contributed by atoms with Crippen LogP contribution >= 0.6 is 15.9 Å². The smallest absolute Gasteiger partial charge is 0.399 e. The SMILES string of the molecule is CC1(C)OB(c2cnc(C(F)(F)F)c(F)c2)OC1(C)C.O=C1c2ccccc2C(=O)N1Cc1cc(-c2cnc(C(F)(F)F)c(F)c2)c(F)cn1.O=C1c2ccccc2C(=O)N1Cc1cc(Br)c(F)cn1. The van der Waals surface area contributed by atoms with E-state index < -0.39 is 77.1 Å². The standard InChI is InChI=1S/C20H10F5N3O2.C14H8BrFN2O2.C12H14BF4NO2/c21-15-5-10(7-27-17(15)20(23,24)25)14-6-11(26-8-16(14)22)9-28-18(29)12-3-1-2-4-13(12)19(28)30;15-11-5-8(17-6-12(11)16)7-18-13(19)9-3-1-2-4-10(9)14(18)20;1-10(2)11(3,4)20-13(19-10)7-5-8(14)9(18-6-7)12(15,16)17/h1-8H,9H2;1-6H,7H2;5-6H,1-4H3. The average molecular weight is 1050 g/mol. The summed E-state index contributed by atoms with van der Waals surface area (Å²) in [7, 11) is -0.940. The van der Waals surface area contributed by atoms with Crippen LogP contribution in [-0.2, 0) is 34.8 Å². The Morgan fingerprint density at radius 3 is 1.33 bits per heavy atom. The first-order valence-electron chi connectivity index (χ1n) is 20.3. The predicted molar refractivity (Wildman–Crippen MR) is 230 cm³/mol. The van der Waals surface area contributed by atoms with E-state index in [2.05, 4.69) is 35.9 Å². The van der Waals surface area contributed by atoms with Crippen molar-refractivity contribution in [1.29, 1.82) is 0 Å². The van der Waals surface area contributed by atoms with E-state index in [1.165, 1.54) is 18.2 Å². The van der Waals surface area contributed by atoms with E-state index in [-0.39, 0.29) is 62.8 Å². The van der Waals surface area contributed by atoms with Crippen molar-refractivity contribution < 1.29 is 72.4 Å². The number of rotatable bonds is 6. The van der Waals surface area contributed by atoms with E-state index in [0.717, 1.165) is 40.5 Å². The number of halogens is 11. The molecule has 12 nitrogen and oxygen atoms in total. The molecule has 362 valence electrons. The summed E-state index contributed by atoms with van der Waals surface area (Å²) in [6.07, 6.45) is -6.37. The van der Waals surface area contributed by atoms with E-state index in [0.29, 0.717) is 29.1 Å². The van der Waals surface area contributed by atoms with Crippen molar-refractivity contribution in [3.05, 3.63) is 170 Å². The molecule has 0 saturated carbocycles. The minimum absolute atomic E-state index is 0.0191. The Bertz CT molecular complexity index is 3000. The van der Waals surface area contributed by atoms with Crippen molar-refractivity contribution in [2.24, 2.45) is 0 Å². The molecule has 0 unspecified atom stereocenters. The number of hydrogen-bond acceptors (Lipinski definition) is 10. The van der Waals surface area contributed by atoms with E-state index in [9.17, 15) is 63.1 Å². The van der Waals surface area contributed by atoms with Crippen LogP contribution in [0.3, 0.4) is 0 Å². The lowest BCUT2D eigenvalue weighted by molar-refractivity contribution is -0.144. The highest BCUT2D eigenvalue weighted by atomic mass is 79.9. The van der Waals surface area contributed by atoms with Crippen LogP contribution in [0.1, 0.15) is 91.9 Å². The maximum absolute atomic E-state index is 14.2. The van der Waals surface area contributed by atoms with Gasteiger partial charge in [-0.05, 0) is 92.2 Å². The molecular formula is C46H32BBrF10N6O6. The molecule has 6 aromatic rings. The van der Waals surface area contributed by atoms with Crippen LogP contribution in [0.4, 0.5) is 43.9 Å². The highest BCUT2D eigenvalue weighted by Gasteiger charge is 2.52. The largest absolute Gasteiger partial charge is 0.496 e. The first-order valence-corrected chi connectivity index (χ1v) is 21.1. The second-order valence-corrected chi connectivity index (χ2v) is 17.3. The number of amides is 4. The Balaban J connectivity index is 0.000000160. The first-order chi connectivity index (χ1) is 32.7. The van der Waals surface area contributed by atoms with Crippen LogP contribution in [0.25, 0.3) is 11.1 Å². The lowest BCUT2D eigenvalue weighted by Crippen LogP contribution is -2.41. The zero-order chi connectivity index (χ0) is 51.2. The Labute approximate surface area is 399 Å². The van der Waals surface area contributed by atoms with Gasteiger partial charge in [0.2, 0.25) is 0 Å². The molecule has 0 atom stereocenters. The second-order valence-electron chi connectivity index (χ2n) is 16.5. The molecule has 70 heavy (non-hydrogen) atoms.